The van der Waals surface area contributed by atoms with Crippen LogP contribution in [0.25, 0.3) is 0 Å². The van der Waals surface area contributed by atoms with Gasteiger partial charge in [0.2, 0.25) is 16.0 Å². The second-order valence-corrected chi connectivity index (χ2v) is 10.8. The van der Waals surface area contributed by atoms with Gasteiger partial charge in [0.25, 0.3) is 0 Å². The van der Waals surface area contributed by atoms with Crippen LogP contribution in [0.1, 0.15) is 63.2 Å². The number of anilines is 1. The summed E-state index contributed by atoms with van der Waals surface area (Å²) in [6, 6.07) is 3.08. The van der Waals surface area contributed by atoms with Crippen molar-refractivity contribution in [2.24, 2.45) is 0 Å². The van der Waals surface area contributed by atoms with Gasteiger partial charge in [-0.2, -0.15) is 0 Å². The molecule has 3 rings (SSSR count). The average molecular weight is 502 g/mol. The molecule has 0 bridgehead atoms. The zero-order valence-corrected chi connectivity index (χ0v) is 21.1. The quantitative estimate of drug-likeness (QED) is 0.498. The Morgan fingerprint density at radius 3 is 2.45 bits per heavy atom. The lowest BCUT2D eigenvalue weighted by Gasteiger charge is -2.24. The molecule has 10 nitrogen and oxygen atoms in total. The number of hydrogen-bond acceptors (Lipinski definition) is 8. The van der Waals surface area contributed by atoms with Crippen LogP contribution in [0.4, 0.5) is 5.95 Å². The molecule has 1 N–H and O–H groups in total. The van der Waals surface area contributed by atoms with E-state index in [0.29, 0.717) is 16.5 Å². The Bertz CT molecular complexity index is 1010. The fourth-order valence-corrected chi connectivity index (χ4v) is 5.28. The van der Waals surface area contributed by atoms with E-state index in [0.717, 1.165) is 12.8 Å². The Kier molecular flexibility index (Phi) is 8.68. The number of rotatable bonds is 11. The van der Waals surface area contributed by atoms with Crippen molar-refractivity contribution in [3.63, 3.8) is 0 Å². The highest BCUT2D eigenvalue weighted by Crippen LogP contribution is 2.35. The van der Waals surface area contributed by atoms with E-state index >= 15 is 0 Å². The third-order valence-corrected chi connectivity index (χ3v) is 8.05. The zero-order valence-electron chi connectivity index (χ0n) is 19.6. The molecule has 33 heavy (non-hydrogen) atoms. The first kappa shape index (κ1) is 25.8. The Labute approximate surface area is 200 Å². The summed E-state index contributed by atoms with van der Waals surface area (Å²) in [6.07, 6.45) is 2.98. The van der Waals surface area contributed by atoms with Crippen LogP contribution in [0.15, 0.2) is 18.3 Å². The van der Waals surface area contributed by atoms with E-state index in [1.807, 2.05) is 13.8 Å². The lowest BCUT2D eigenvalue weighted by molar-refractivity contribution is 0.0406. The van der Waals surface area contributed by atoms with Crippen molar-refractivity contribution in [3.8, 4) is 0 Å². The van der Waals surface area contributed by atoms with Gasteiger partial charge in [0, 0.05) is 32.0 Å². The van der Waals surface area contributed by atoms with E-state index in [1.165, 1.54) is 6.20 Å². The van der Waals surface area contributed by atoms with E-state index in [4.69, 9.17) is 25.8 Å². The lowest BCUT2D eigenvalue weighted by atomic mass is 10.0. The summed E-state index contributed by atoms with van der Waals surface area (Å²) in [5.41, 5.74) is 0.629. The van der Waals surface area contributed by atoms with Gasteiger partial charge in [0.15, 0.2) is 5.82 Å². The maximum atomic E-state index is 13.3. The summed E-state index contributed by atoms with van der Waals surface area (Å²) < 4.78 is 47.7. The molecule has 184 valence electrons. The fourth-order valence-electron chi connectivity index (χ4n) is 3.91. The number of halogens is 1. The number of pyridine rings is 1. The molecule has 0 radical (unpaired) electrons. The van der Waals surface area contributed by atoms with Gasteiger partial charge in [-0.1, -0.05) is 18.5 Å². The van der Waals surface area contributed by atoms with Gasteiger partial charge < -0.3 is 14.2 Å². The van der Waals surface area contributed by atoms with Gasteiger partial charge in [-0.25, -0.2) is 8.42 Å². The molecule has 1 saturated heterocycles. The minimum atomic E-state index is -3.85. The normalized spacial score (nSPS) is 20.8. The largest absolute Gasteiger partial charge is 0.382 e. The first-order valence-corrected chi connectivity index (χ1v) is 12.8. The number of nitrogens with one attached hydrogen (secondary N) is 1. The van der Waals surface area contributed by atoms with Gasteiger partial charge in [0.05, 0.1) is 35.6 Å². The van der Waals surface area contributed by atoms with Gasteiger partial charge in [0.1, 0.15) is 6.10 Å². The van der Waals surface area contributed by atoms with Gasteiger partial charge in [-0.15, -0.1) is 10.2 Å². The van der Waals surface area contributed by atoms with Gasteiger partial charge >= 0.3 is 0 Å². The molecule has 0 aromatic carbocycles. The summed E-state index contributed by atoms with van der Waals surface area (Å²) in [6.45, 7) is 6.02. The standard InChI is InChI=1S/C21H32ClN5O5S/c1-13-6-9-19(32-13)20-24-25-21(27(20)17(11-30-4)12-31-5)26-33(28,29)15(3)14(2)18-8-7-16(22)10-23-18/h7-8,10,13-15,17,19H,6,9,11-12H2,1-5H3,(H,25,26)/t13-,14+,15+,19-/m1/s1. The number of aromatic nitrogens is 4. The first-order valence-electron chi connectivity index (χ1n) is 10.9. The molecule has 0 saturated carbocycles. The fraction of sp³-hybridized carbons (Fsp3) is 0.667. The molecule has 4 atom stereocenters. The number of ether oxygens (including phenoxy) is 3. The second kappa shape index (κ2) is 11.1. The minimum absolute atomic E-state index is 0.0938. The summed E-state index contributed by atoms with van der Waals surface area (Å²) in [5.74, 6) is 0.273. The predicted molar refractivity (Wildman–Crippen MR) is 125 cm³/mol. The molecule has 0 unspecified atom stereocenters. The maximum absolute atomic E-state index is 13.3. The van der Waals surface area contributed by atoms with Gasteiger partial charge in [-0.05, 0) is 38.8 Å². The van der Waals surface area contributed by atoms with Crippen molar-refractivity contribution >= 4 is 27.6 Å². The van der Waals surface area contributed by atoms with Crippen molar-refractivity contribution in [2.75, 3.05) is 32.2 Å². The lowest BCUT2D eigenvalue weighted by Crippen LogP contribution is -2.32. The molecule has 2 aromatic rings. The number of sulfonamides is 1. The molecule has 1 fully saturated rings. The minimum Gasteiger partial charge on any atom is -0.382 e. The van der Waals surface area contributed by atoms with Gasteiger partial charge in [-0.3, -0.25) is 14.3 Å². The molecular formula is C21H32ClN5O5S. The van der Waals surface area contributed by atoms with E-state index in [1.54, 1.807) is 37.8 Å². The van der Waals surface area contributed by atoms with Crippen LogP contribution in [0.2, 0.25) is 5.02 Å². The smallest absolute Gasteiger partial charge is 0.238 e. The van der Waals surface area contributed by atoms with E-state index in [9.17, 15) is 8.42 Å². The highest BCUT2D eigenvalue weighted by Gasteiger charge is 2.35. The summed E-state index contributed by atoms with van der Waals surface area (Å²) in [5, 5.41) is 8.17. The summed E-state index contributed by atoms with van der Waals surface area (Å²) >= 11 is 5.91. The van der Waals surface area contributed by atoms with Crippen LogP contribution in [-0.2, 0) is 24.2 Å². The average Bonchev–Trinajstić information content (AvgIpc) is 3.38. The van der Waals surface area contributed by atoms with Crippen LogP contribution in [0.5, 0.6) is 0 Å². The van der Waals surface area contributed by atoms with Crippen LogP contribution in [0.3, 0.4) is 0 Å². The second-order valence-electron chi connectivity index (χ2n) is 8.37. The SMILES string of the molecule is COCC(COC)n1c(NS(=O)(=O)[C@@H](C)[C@H](C)c2ccc(Cl)cn2)nnc1[C@H]1CC[C@@H](C)O1. The highest BCUT2D eigenvalue weighted by atomic mass is 35.5. The number of nitrogens with zero attached hydrogens (tertiary/aromatic N) is 4. The summed E-state index contributed by atoms with van der Waals surface area (Å²) in [4.78, 5) is 4.27. The van der Waals surface area contributed by atoms with Crippen molar-refractivity contribution in [1.29, 1.82) is 0 Å². The molecule has 1 aliphatic rings. The number of methoxy groups -OCH3 is 2. The molecule has 2 aromatic heterocycles. The molecule has 12 heteroatoms. The monoisotopic (exact) mass is 501 g/mol. The van der Waals surface area contributed by atoms with Crippen LogP contribution < -0.4 is 4.72 Å². The topological polar surface area (TPSA) is 117 Å². The van der Waals surface area contributed by atoms with E-state index in [2.05, 4.69) is 19.9 Å². The Hall–Kier alpha value is -1.79. The highest BCUT2D eigenvalue weighted by molar-refractivity contribution is 7.93. The van der Waals surface area contributed by atoms with Crippen molar-refractivity contribution in [2.45, 2.75) is 63.0 Å². The maximum Gasteiger partial charge on any atom is 0.238 e. The van der Waals surface area contributed by atoms with Crippen molar-refractivity contribution < 1.29 is 22.6 Å². The summed E-state index contributed by atoms with van der Waals surface area (Å²) in [7, 11) is -0.693. The predicted octanol–water partition coefficient (Wildman–Crippen LogP) is 3.33. The van der Waals surface area contributed by atoms with E-state index < -0.39 is 15.3 Å². The van der Waals surface area contributed by atoms with Crippen LogP contribution in [0, 0.1) is 0 Å². The number of hydrogen-bond donors (Lipinski definition) is 1. The molecular weight excluding hydrogens is 470 g/mol. The van der Waals surface area contributed by atoms with E-state index in [-0.39, 0.29) is 43.3 Å². The Balaban J connectivity index is 1.92. The zero-order chi connectivity index (χ0) is 24.2. The first-order chi connectivity index (χ1) is 15.7. The van der Waals surface area contributed by atoms with Crippen molar-refractivity contribution in [3.05, 3.63) is 34.9 Å². The van der Waals surface area contributed by atoms with Crippen LogP contribution >= 0.6 is 11.6 Å². The molecule has 0 spiro atoms. The Morgan fingerprint density at radius 2 is 1.91 bits per heavy atom. The Morgan fingerprint density at radius 1 is 1.21 bits per heavy atom. The van der Waals surface area contributed by atoms with Crippen molar-refractivity contribution in [1.82, 2.24) is 19.7 Å². The third kappa shape index (κ3) is 6.02. The third-order valence-electron chi connectivity index (χ3n) is 5.97. The molecule has 0 amide bonds. The molecule has 1 aliphatic heterocycles. The molecule has 0 aliphatic carbocycles. The molecule has 3 heterocycles. The van der Waals surface area contributed by atoms with Crippen LogP contribution in [-0.4, -0.2) is 67.0 Å².